The summed E-state index contributed by atoms with van der Waals surface area (Å²) in [5.41, 5.74) is 6.87. The van der Waals surface area contributed by atoms with Gasteiger partial charge in [0.25, 0.3) is 0 Å². The van der Waals surface area contributed by atoms with Crippen LogP contribution >= 0.6 is 0 Å². The molecule has 0 N–H and O–H groups in total. The van der Waals surface area contributed by atoms with Crippen molar-refractivity contribution in [3.8, 4) is 0 Å². The van der Waals surface area contributed by atoms with Crippen molar-refractivity contribution in [2.24, 2.45) is 10.8 Å². The summed E-state index contributed by atoms with van der Waals surface area (Å²) in [5, 5.41) is 0. The Kier molecular flexibility index (Phi) is 10.7. The summed E-state index contributed by atoms with van der Waals surface area (Å²) in [4.78, 5) is 2.31. The molecule has 0 atom stereocenters. The fraction of sp³-hybridized carbons (Fsp3) is 0.500. The summed E-state index contributed by atoms with van der Waals surface area (Å²) in [5.74, 6) is 0. The minimum atomic E-state index is -0.323. The number of nitrogens with zero attached hydrogens (tertiary/aromatic N) is 1. The van der Waals surface area contributed by atoms with Crippen molar-refractivity contribution in [3.05, 3.63) is 78.4 Å². The zero-order chi connectivity index (χ0) is 30.3. The van der Waals surface area contributed by atoms with Gasteiger partial charge in [0, 0.05) is 54.3 Å². The predicted octanol–water partition coefficient (Wildman–Crippen LogP) is 7.60. The number of hydrogen-bond donors (Lipinski definition) is 0. The Labute approximate surface area is 260 Å². The molecule has 2 aliphatic rings. The molecule has 0 amide bonds. The van der Waals surface area contributed by atoms with Crippen molar-refractivity contribution in [1.82, 2.24) is 0 Å². The molecule has 43 heavy (non-hydrogen) atoms. The molecular formula is C36H49B2NO4. The Balaban J connectivity index is 1.33. The maximum Gasteiger partial charge on any atom is 0.493 e. The highest BCUT2D eigenvalue weighted by molar-refractivity contribution is 6.61. The van der Waals surface area contributed by atoms with E-state index >= 15 is 0 Å². The number of hydrogen-bond acceptors (Lipinski definition) is 5. The van der Waals surface area contributed by atoms with E-state index in [0.29, 0.717) is 26.4 Å². The standard InChI is InChI=1S/C36H49B2NO4/c1-6-7-8-9-10-11-12-29-13-19-32(20-14-29)39(33-21-15-30(16-22-33)37-40-25-35(2,3)26-41-37)34-23-17-31(18-24-34)38-42-27-36(4,5)28-43-38/h13-24H,6-12,25-28H2,1-5H3. The number of rotatable bonds is 12. The molecule has 0 spiro atoms. The molecule has 0 bridgehead atoms. The summed E-state index contributed by atoms with van der Waals surface area (Å²) in [6.45, 7) is 13.7. The fourth-order valence-corrected chi connectivity index (χ4v) is 5.70. The van der Waals surface area contributed by atoms with Crippen LogP contribution in [0.5, 0.6) is 0 Å². The smallest absolute Gasteiger partial charge is 0.407 e. The number of anilines is 3. The average molecular weight is 581 g/mol. The molecule has 3 aromatic carbocycles. The van der Waals surface area contributed by atoms with Gasteiger partial charge in [-0.15, -0.1) is 0 Å². The van der Waals surface area contributed by atoms with Crippen molar-refractivity contribution in [2.45, 2.75) is 79.6 Å². The first-order valence-electron chi connectivity index (χ1n) is 16.3. The van der Waals surface area contributed by atoms with Gasteiger partial charge in [-0.25, -0.2) is 0 Å². The second-order valence-corrected chi connectivity index (χ2v) is 13.9. The van der Waals surface area contributed by atoms with Gasteiger partial charge in [-0.2, -0.15) is 0 Å². The van der Waals surface area contributed by atoms with Gasteiger partial charge in [-0.3, -0.25) is 0 Å². The third-order valence-electron chi connectivity index (χ3n) is 8.36. The molecule has 228 valence electrons. The molecule has 0 unspecified atom stereocenters. The van der Waals surface area contributed by atoms with E-state index < -0.39 is 0 Å². The third kappa shape index (κ3) is 8.76. The molecule has 2 fully saturated rings. The van der Waals surface area contributed by atoms with Crippen LogP contribution in [-0.2, 0) is 25.0 Å². The van der Waals surface area contributed by atoms with Gasteiger partial charge < -0.3 is 23.5 Å². The van der Waals surface area contributed by atoms with Gasteiger partial charge >= 0.3 is 14.2 Å². The molecule has 0 saturated carbocycles. The van der Waals surface area contributed by atoms with E-state index in [4.69, 9.17) is 18.6 Å². The molecule has 5 nitrogen and oxygen atoms in total. The van der Waals surface area contributed by atoms with Crippen LogP contribution in [0.4, 0.5) is 17.1 Å². The average Bonchev–Trinajstić information content (AvgIpc) is 3.01. The van der Waals surface area contributed by atoms with E-state index in [1.54, 1.807) is 0 Å². The van der Waals surface area contributed by atoms with Crippen LogP contribution in [0.1, 0.15) is 78.7 Å². The SMILES string of the molecule is CCCCCCCCc1ccc(N(c2ccc(B3OCC(C)(C)CO3)cc2)c2ccc(B3OCC(C)(C)CO3)cc2)cc1. The number of aryl methyl sites for hydroxylation is 1. The fourth-order valence-electron chi connectivity index (χ4n) is 5.70. The summed E-state index contributed by atoms with van der Waals surface area (Å²) >= 11 is 0. The molecule has 2 saturated heterocycles. The lowest BCUT2D eigenvalue weighted by atomic mass is 9.75. The lowest BCUT2D eigenvalue weighted by molar-refractivity contribution is 0.0342. The zero-order valence-electron chi connectivity index (χ0n) is 26.9. The van der Waals surface area contributed by atoms with Gasteiger partial charge in [-0.05, 0) is 65.7 Å². The Bertz CT molecular complexity index is 1190. The van der Waals surface area contributed by atoms with Crippen molar-refractivity contribution in [1.29, 1.82) is 0 Å². The van der Waals surface area contributed by atoms with E-state index in [9.17, 15) is 0 Å². The molecule has 0 aromatic heterocycles. The van der Waals surface area contributed by atoms with Crippen LogP contribution in [0.25, 0.3) is 0 Å². The van der Waals surface area contributed by atoms with Crippen LogP contribution < -0.4 is 15.8 Å². The maximum absolute atomic E-state index is 6.05. The number of unbranched alkanes of at least 4 members (excludes halogenated alkanes) is 5. The second-order valence-electron chi connectivity index (χ2n) is 13.9. The van der Waals surface area contributed by atoms with Gasteiger partial charge in [0.15, 0.2) is 0 Å². The first-order chi connectivity index (χ1) is 20.7. The van der Waals surface area contributed by atoms with E-state index in [1.807, 2.05) is 0 Å². The Morgan fingerprint density at radius 2 is 0.907 bits per heavy atom. The predicted molar refractivity (Wildman–Crippen MR) is 180 cm³/mol. The third-order valence-corrected chi connectivity index (χ3v) is 8.36. The molecule has 2 heterocycles. The van der Waals surface area contributed by atoms with Crippen LogP contribution in [0.15, 0.2) is 72.8 Å². The highest BCUT2D eigenvalue weighted by Crippen LogP contribution is 2.34. The summed E-state index contributed by atoms with van der Waals surface area (Å²) in [6.07, 6.45) is 9.04. The lowest BCUT2D eigenvalue weighted by Crippen LogP contribution is -2.47. The van der Waals surface area contributed by atoms with E-state index in [1.165, 1.54) is 44.1 Å². The van der Waals surface area contributed by atoms with Crippen molar-refractivity contribution < 1.29 is 18.6 Å². The minimum Gasteiger partial charge on any atom is -0.407 e. The van der Waals surface area contributed by atoms with Crippen LogP contribution in [0.2, 0.25) is 0 Å². The van der Waals surface area contributed by atoms with Gasteiger partial charge in [0.1, 0.15) is 0 Å². The maximum atomic E-state index is 6.05. The van der Waals surface area contributed by atoms with Gasteiger partial charge in [0.05, 0.1) is 0 Å². The van der Waals surface area contributed by atoms with Crippen LogP contribution in [0.3, 0.4) is 0 Å². The van der Waals surface area contributed by atoms with E-state index in [0.717, 1.165) is 34.4 Å². The lowest BCUT2D eigenvalue weighted by Gasteiger charge is -2.33. The molecule has 7 heteroatoms. The quantitative estimate of drug-likeness (QED) is 0.163. The Morgan fingerprint density at radius 1 is 0.535 bits per heavy atom. The van der Waals surface area contributed by atoms with Crippen LogP contribution in [-0.4, -0.2) is 40.7 Å². The Morgan fingerprint density at radius 3 is 1.33 bits per heavy atom. The molecule has 2 aliphatic heterocycles. The molecule has 0 aliphatic carbocycles. The second kappa shape index (κ2) is 14.5. The van der Waals surface area contributed by atoms with Crippen molar-refractivity contribution in [2.75, 3.05) is 31.3 Å². The highest BCUT2D eigenvalue weighted by Gasteiger charge is 2.34. The number of benzene rings is 3. The summed E-state index contributed by atoms with van der Waals surface area (Å²) in [6, 6.07) is 26.2. The van der Waals surface area contributed by atoms with Crippen molar-refractivity contribution in [3.63, 3.8) is 0 Å². The topological polar surface area (TPSA) is 40.2 Å². The largest absolute Gasteiger partial charge is 0.493 e. The first kappa shape index (κ1) is 31.8. The highest BCUT2D eigenvalue weighted by atomic mass is 16.6. The van der Waals surface area contributed by atoms with Crippen molar-refractivity contribution >= 4 is 42.2 Å². The Hall–Kier alpha value is -2.57. The minimum absolute atomic E-state index is 0.0462. The van der Waals surface area contributed by atoms with Crippen LogP contribution in [0, 0.1) is 10.8 Å². The monoisotopic (exact) mass is 581 g/mol. The summed E-state index contributed by atoms with van der Waals surface area (Å²) in [7, 11) is -0.645. The zero-order valence-corrected chi connectivity index (χ0v) is 26.9. The van der Waals surface area contributed by atoms with Gasteiger partial charge in [0.2, 0.25) is 0 Å². The molecule has 0 radical (unpaired) electrons. The van der Waals surface area contributed by atoms with E-state index in [-0.39, 0.29) is 25.1 Å². The molecular weight excluding hydrogens is 532 g/mol. The molecule has 5 rings (SSSR count). The summed E-state index contributed by atoms with van der Waals surface area (Å²) < 4.78 is 24.2. The molecule has 3 aromatic rings. The van der Waals surface area contributed by atoms with Gasteiger partial charge in [-0.1, -0.05) is 103 Å². The van der Waals surface area contributed by atoms with E-state index in [2.05, 4.69) is 112 Å². The normalized spacial score (nSPS) is 18.1. The first-order valence-corrected chi connectivity index (χ1v) is 16.3.